The van der Waals surface area contributed by atoms with Gasteiger partial charge in [-0.2, -0.15) is 4.57 Å². The van der Waals surface area contributed by atoms with Crippen LogP contribution < -0.4 is 14.4 Å². The van der Waals surface area contributed by atoms with Gasteiger partial charge in [0.1, 0.15) is 5.82 Å². The zero-order valence-corrected chi connectivity index (χ0v) is 19.4. The van der Waals surface area contributed by atoms with Crippen molar-refractivity contribution in [2.75, 3.05) is 23.9 Å². The summed E-state index contributed by atoms with van der Waals surface area (Å²) >= 11 is 12.5. The average Bonchev–Trinajstić information content (AvgIpc) is 3.22. The van der Waals surface area contributed by atoms with Gasteiger partial charge in [0.2, 0.25) is 5.58 Å². The molecule has 0 saturated carbocycles. The highest BCUT2D eigenvalue weighted by Crippen LogP contribution is 2.43. The van der Waals surface area contributed by atoms with Gasteiger partial charge < -0.3 is 14.2 Å². The Kier molecular flexibility index (Phi) is 5.20. The van der Waals surface area contributed by atoms with Crippen molar-refractivity contribution in [2.24, 2.45) is 0 Å². The number of benzene rings is 3. The summed E-state index contributed by atoms with van der Waals surface area (Å²) in [5.41, 5.74) is 3.92. The molecule has 1 aliphatic heterocycles. The monoisotopic (exact) mass is 462 g/mol. The lowest BCUT2D eigenvalue weighted by Gasteiger charge is -2.17. The van der Waals surface area contributed by atoms with Gasteiger partial charge in [0.05, 0.1) is 27.5 Å². The molecule has 0 aliphatic carbocycles. The van der Waals surface area contributed by atoms with Crippen molar-refractivity contribution in [3.05, 3.63) is 95.1 Å². The molecule has 0 saturated heterocycles. The van der Waals surface area contributed by atoms with Crippen molar-refractivity contribution < 1.29 is 8.98 Å². The van der Waals surface area contributed by atoms with Crippen molar-refractivity contribution in [1.82, 2.24) is 0 Å². The fourth-order valence-electron chi connectivity index (χ4n) is 4.20. The summed E-state index contributed by atoms with van der Waals surface area (Å²) in [6.45, 7) is 4.57. The lowest BCUT2D eigenvalue weighted by Crippen LogP contribution is -2.34. The summed E-state index contributed by atoms with van der Waals surface area (Å²) in [5, 5.41) is 3.42. The molecule has 0 bridgehead atoms. The molecule has 1 aromatic heterocycles. The van der Waals surface area contributed by atoms with Gasteiger partial charge in [-0.3, -0.25) is 0 Å². The van der Waals surface area contributed by atoms with Gasteiger partial charge >= 0.3 is 5.89 Å². The fourth-order valence-corrected chi connectivity index (χ4v) is 4.52. The minimum atomic E-state index is 0.544. The Hall–Kier alpha value is -3.21. The number of oxazole rings is 1. The third-order valence-electron chi connectivity index (χ3n) is 5.82. The molecule has 160 valence electrons. The summed E-state index contributed by atoms with van der Waals surface area (Å²) in [5.74, 6) is 1.77. The van der Waals surface area contributed by atoms with Crippen molar-refractivity contribution >= 4 is 62.5 Å². The predicted octanol–water partition coefficient (Wildman–Crippen LogP) is 6.81. The molecule has 0 unspecified atom stereocenters. The second kappa shape index (κ2) is 8.05. The normalized spacial score (nSPS) is 13.6. The van der Waals surface area contributed by atoms with E-state index in [-0.39, 0.29) is 0 Å². The van der Waals surface area contributed by atoms with Crippen LogP contribution in [0.25, 0.3) is 27.9 Å². The first-order chi connectivity index (χ1) is 15.5. The molecule has 0 fully saturated rings. The van der Waals surface area contributed by atoms with E-state index in [0.717, 1.165) is 39.6 Å². The van der Waals surface area contributed by atoms with Gasteiger partial charge in [-0.25, -0.2) is 0 Å². The Bertz CT molecular complexity index is 1400. The number of aromatic nitrogens is 1. The first kappa shape index (κ1) is 20.7. The van der Waals surface area contributed by atoms with Gasteiger partial charge in [0, 0.05) is 20.2 Å². The van der Waals surface area contributed by atoms with Crippen LogP contribution in [0.15, 0.2) is 83.6 Å². The highest BCUT2D eigenvalue weighted by atomic mass is 35.5. The minimum absolute atomic E-state index is 0.544. The number of halogens is 2. The van der Waals surface area contributed by atoms with E-state index in [4.69, 9.17) is 27.6 Å². The average molecular weight is 463 g/mol. The van der Waals surface area contributed by atoms with E-state index in [1.807, 2.05) is 62.7 Å². The summed E-state index contributed by atoms with van der Waals surface area (Å²) in [4.78, 5) is 4.18. The smallest absolute Gasteiger partial charge is 0.374 e. The van der Waals surface area contributed by atoms with Crippen LogP contribution in [0.4, 0.5) is 11.4 Å². The first-order valence-corrected chi connectivity index (χ1v) is 11.0. The van der Waals surface area contributed by atoms with Crippen LogP contribution in [0.5, 0.6) is 0 Å². The van der Waals surface area contributed by atoms with Crippen LogP contribution in [0.2, 0.25) is 10.0 Å². The molecule has 1 aliphatic rings. The van der Waals surface area contributed by atoms with Crippen molar-refractivity contribution in [3.63, 3.8) is 0 Å². The number of allylic oxidation sites excluding steroid dienone is 3. The third-order valence-corrected chi connectivity index (χ3v) is 6.54. The molecule has 0 radical (unpaired) electrons. The molecule has 0 N–H and O–H groups in total. The van der Waals surface area contributed by atoms with E-state index in [2.05, 4.69) is 45.2 Å². The van der Waals surface area contributed by atoms with Gasteiger partial charge in [-0.05, 0) is 47.2 Å². The highest BCUT2D eigenvalue weighted by molar-refractivity contribution is 6.42. The third kappa shape index (κ3) is 3.36. The van der Waals surface area contributed by atoms with Crippen molar-refractivity contribution in [1.29, 1.82) is 0 Å². The van der Waals surface area contributed by atoms with Crippen LogP contribution in [-0.2, 0) is 6.54 Å². The molecule has 0 atom stereocenters. The van der Waals surface area contributed by atoms with Crippen LogP contribution in [-0.4, -0.2) is 14.1 Å². The Labute approximate surface area is 196 Å². The quantitative estimate of drug-likeness (QED) is 0.246. The predicted molar refractivity (Wildman–Crippen MR) is 134 cm³/mol. The zero-order valence-electron chi connectivity index (χ0n) is 17.8. The first-order valence-electron chi connectivity index (χ1n) is 10.3. The minimum Gasteiger partial charge on any atom is -0.398 e. The Morgan fingerprint density at radius 2 is 1.59 bits per heavy atom. The number of anilines is 2. The molecule has 4 aromatic rings. The molecule has 2 heterocycles. The molecule has 0 spiro atoms. The zero-order chi connectivity index (χ0) is 22.4. The molecule has 3 aromatic carbocycles. The standard InChI is InChI=1S/C26H22Cl2N3O/c1-4-12-31-23-13-17-8-5-6-9-18(17)14-24(23)32-26(31)11-7-10-25-29(2)21-15-19(27)20(28)16-22(21)30(25)3/h4-11,13-16H,1,12H2,2-3H3/q+1. The van der Waals surface area contributed by atoms with Crippen LogP contribution in [0, 0.1) is 0 Å². The van der Waals surface area contributed by atoms with Gasteiger partial charge in [-0.15, -0.1) is 0 Å². The second-order valence-electron chi connectivity index (χ2n) is 7.76. The Morgan fingerprint density at radius 1 is 0.969 bits per heavy atom. The maximum Gasteiger partial charge on any atom is 0.374 e. The number of nitrogens with zero attached hydrogens (tertiary/aromatic N) is 3. The van der Waals surface area contributed by atoms with E-state index >= 15 is 0 Å². The molecule has 32 heavy (non-hydrogen) atoms. The maximum atomic E-state index is 6.23. The van der Waals surface area contributed by atoms with Crippen LogP contribution >= 0.6 is 23.2 Å². The van der Waals surface area contributed by atoms with Crippen LogP contribution in [0.1, 0.15) is 5.89 Å². The molecule has 5 rings (SSSR count). The van der Waals surface area contributed by atoms with Gasteiger partial charge in [0.25, 0.3) is 5.52 Å². The Morgan fingerprint density at radius 3 is 2.22 bits per heavy atom. The molecule has 4 nitrogen and oxygen atoms in total. The highest BCUT2D eigenvalue weighted by Gasteiger charge is 2.27. The van der Waals surface area contributed by atoms with Crippen molar-refractivity contribution in [3.8, 4) is 0 Å². The molecular formula is C26H22Cl2N3O+. The van der Waals surface area contributed by atoms with Crippen molar-refractivity contribution in [2.45, 2.75) is 6.54 Å². The second-order valence-corrected chi connectivity index (χ2v) is 8.58. The summed E-state index contributed by atoms with van der Waals surface area (Å²) < 4.78 is 8.33. The molecular weight excluding hydrogens is 441 g/mol. The Balaban J connectivity index is 1.53. The van der Waals surface area contributed by atoms with Gasteiger partial charge in [0.15, 0.2) is 6.54 Å². The van der Waals surface area contributed by atoms with E-state index in [1.54, 1.807) is 0 Å². The van der Waals surface area contributed by atoms with Gasteiger partial charge in [-0.1, -0.05) is 54.0 Å². The lowest BCUT2D eigenvalue weighted by molar-refractivity contribution is -0.667. The number of fused-ring (bicyclic) bond motifs is 3. The van der Waals surface area contributed by atoms with E-state index in [0.29, 0.717) is 16.6 Å². The summed E-state index contributed by atoms with van der Waals surface area (Å²) in [6.07, 6.45) is 7.90. The van der Waals surface area contributed by atoms with E-state index < -0.39 is 0 Å². The molecule has 0 amide bonds. The fraction of sp³-hybridized carbons (Fsp3) is 0.115. The van der Waals surface area contributed by atoms with E-state index in [1.165, 1.54) is 5.39 Å². The molecule has 6 heteroatoms. The number of rotatable bonds is 4. The summed E-state index contributed by atoms with van der Waals surface area (Å²) in [6, 6.07) is 16.3. The topological polar surface area (TPSA) is 23.5 Å². The van der Waals surface area contributed by atoms with E-state index in [9.17, 15) is 0 Å². The SMILES string of the molecule is C=CC[n+]1c(C=CC=C2N(C)c3cc(Cl)c(Cl)cc3N2C)oc2cc3ccccc3cc21. The number of hydrogen-bond donors (Lipinski definition) is 0. The maximum absolute atomic E-state index is 6.23. The van der Waals surface area contributed by atoms with Crippen LogP contribution in [0.3, 0.4) is 0 Å². The largest absolute Gasteiger partial charge is 0.398 e. The lowest BCUT2D eigenvalue weighted by atomic mass is 10.1. The number of hydrogen-bond acceptors (Lipinski definition) is 3. The summed E-state index contributed by atoms with van der Waals surface area (Å²) in [7, 11) is 4.02.